The molecule has 2 aromatic rings. The molecule has 0 spiro atoms. The highest BCUT2D eigenvalue weighted by molar-refractivity contribution is 7.89. The molecule has 0 bridgehead atoms. The highest BCUT2D eigenvalue weighted by atomic mass is 32.2. The van der Waals surface area contributed by atoms with Crippen LogP contribution in [0.3, 0.4) is 0 Å². The van der Waals surface area contributed by atoms with E-state index in [0.29, 0.717) is 10.6 Å². The quantitative estimate of drug-likeness (QED) is 0.733. The monoisotopic (exact) mass is 329 g/mol. The Hall–Kier alpha value is -1.71. The van der Waals surface area contributed by atoms with Gasteiger partial charge in [-0.2, -0.15) is 4.72 Å². The minimum Gasteiger partial charge on any atom is -0.480 e. The van der Waals surface area contributed by atoms with Crippen LogP contribution in [0.25, 0.3) is 0 Å². The molecule has 21 heavy (non-hydrogen) atoms. The maximum Gasteiger partial charge on any atom is 0.322 e. The van der Waals surface area contributed by atoms with Crippen LogP contribution < -0.4 is 4.72 Å². The van der Waals surface area contributed by atoms with E-state index in [0.717, 1.165) is 4.88 Å². The Morgan fingerprint density at radius 3 is 2.71 bits per heavy atom. The summed E-state index contributed by atoms with van der Waals surface area (Å²) in [5, 5.41) is 9.20. The van der Waals surface area contributed by atoms with Crippen molar-refractivity contribution in [2.45, 2.75) is 31.2 Å². The van der Waals surface area contributed by atoms with E-state index in [1.807, 2.05) is 0 Å². The summed E-state index contributed by atoms with van der Waals surface area (Å²) >= 11 is 1.35. The molecule has 0 saturated carbocycles. The van der Waals surface area contributed by atoms with Gasteiger partial charge in [-0.1, -0.05) is 0 Å². The number of hydrogen-bond acceptors (Lipinski definition) is 5. The van der Waals surface area contributed by atoms with Crippen LogP contribution in [0.5, 0.6) is 0 Å². The van der Waals surface area contributed by atoms with E-state index in [1.54, 1.807) is 13.8 Å². The lowest BCUT2D eigenvalue weighted by molar-refractivity contribution is -0.138. The molecule has 0 fully saturated rings. The number of imidazole rings is 1. The molecule has 3 N–H and O–H groups in total. The zero-order valence-electron chi connectivity index (χ0n) is 11.5. The molecule has 2 aromatic heterocycles. The molecule has 2 heterocycles. The van der Waals surface area contributed by atoms with Gasteiger partial charge in [0.2, 0.25) is 10.0 Å². The molecule has 9 heteroatoms. The normalized spacial score (nSPS) is 13.2. The third-order valence-electron chi connectivity index (χ3n) is 2.86. The third-order valence-corrected chi connectivity index (χ3v) is 5.55. The SMILES string of the molecule is Cc1cc(S(=O)(=O)NC(Cc2cnc[nH]2)C(=O)O)c(C)s1. The molecule has 0 amide bonds. The fraction of sp³-hybridized carbons (Fsp3) is 0.333. The van der Waals surface area contributed by atoms with Crippen LogP contribution in [0.1, 0.15) is 15.4 Å². The summed E-state index contributed by atoms with van der Waals surface area (Å²) in [6.45, 7) is 3.49. The lowest BCUT2D eigenvalue weighted by Crippen LogP contribution is -2.42. The average molecular weight is 329 g/mol. The highest BCUT2D eigenvalue weighted by Crippen LogP contribution is 2.25. The topological polar surface area (TPSA) is 112 Å². The van der Waals surface area contributed by atoms with Gasteiger partial charge in [0.05, 0.1) is 11.2 Å². The minimum atomic E-state index is -3.87. The molecular formula is C12H15N3O4S2. The molecule has 0 radical (unpaired) electrons. The number of hydrogen-bond donors (Lipinski definition) is 3. The van der Waals surface area contributed by atoms with E-state index in [9.17, 15) is 18.3 Å². The van der Waals surface area contributed by atoms with Gasteiger partial charge in [-0.05, 0) is 19.9 Å². The van der Waals surface area contributed by atoms with Crippen molar-refractivity contribution in [3.05, 3.63) is 34.0 Å². The molecule has 7 nitrogen and oxygen atoms in total. The number of nitrogens with one attached hydrogen (secondary N) is 2. The Labute approximate surface area is 126 Å². The first kappa shape index (κ1) is 15.7. The first-order chi connectivity index (χ1) is 9.79. The molecule has 1 atom stereocenters. The molecule has 0 aliphatic rings. The Kier molecular flexibility index (Phi) is 4.45. The van der Waals surface area contributed by atoms with E-state index >= 15 is 0 Å². The number of carbonyl (C=O) groups is 1. The summed E-state index contributed by atoms with van der Waals surface area (Å²) in [5.41, 5.74) is 0.545. The predicted octanol–water partition coefficient (Wildman–Crippen LogP) is 1.06. The van der Waals surface area contributed by atoms with Crippen molar-refractivity contribution in [2.24, 2.45) is 0 Å². The van der Waals surface area contributed by atoms with Gasteiger partial charge in [0.15, 0.2) is 0 Å². The van der Waals surface area contributed by atoms with E-state index in [-0.39, 0.29) is 11.3 Å². The Morgan fingerprint density at radius 2 is 2.24 bits per heavy atom. The summed E-state index contributed by atoms with van der Waals surface area (Å²) in [4.78, 5) is 19.4. The smallest absolute Gasteiger partial charge is 0.322 e. The molecule has 0 aromatic carbocycles. The second-order valence-corrected chi connectivity index (χ2v) is 7.71. The molecular weight excluding hydrogens is 314 g/mol. The molecule has 2 rings (SSSR count). The maximum absolute atomic E-state index is 12.3. The lowest BCUT2D eigenvalue weighted by Gasteiger charge is -2.13. The number of nitrogens with zero attached hydrogens (tertiary/aromatic N) is 1. The number of aromatic amines is 1. The van der Waals surface area contributed by atoms with Crippen molar-refractivity contribution in [1.29, 1.82) is 0 Å². The van der Waals surface area contributed by atoms with Crippen LogP contribution in [-0.4, -0.2) is 35.5 Å². The van der Waals surface area contributed by atoms with Crippen molar-refractivity contribution < 1.29 is 18.3 Å². The molecule has 1 unspecified atom stereocenters. The first-order valence-corrected chi connectivity index (χ1v) is 8.39. The van der Waals surface area contributed by atoms with Crippen LogP contribution in [-0.2, 0) is 21.2 Å². The van der Waals surface area contributed by atoms with Crippen molar-refractivity contribution in [3.8, 4) is 0 Å². The predicted molar refractivity (Wildman–Crippen MR) is 77.8 cm³/mol. The fourth-order valence-electron chi connectivity index (χ4n) is 1.92. The standard InChI is InChI=1S/C12H15N3O4S2/c1-7-3-11(8(2)20-7)21(18,19)15-10(12(16)17)4-9-5-13-6-14-9/h3,5-6,10,15H,4H2,1-2H3,(H,13,14)(H,16,17). The van der Waals surface area contributed by atoms with Gasteiger partial charge < -0.3 is 10.1 Å². The Morgan fingerprint density at radius 1 is 1.52 bits per heavy atom. The van der Waals surface area contributed by atoms with Crippen LogP contribution in [0.15, 0.2) is 23.5 Å². The number of carboxylic acid groups (broad SMARTS) is 1. The second-order valence-electron chi connectivity index (χ2n) is 4.57. The summed E-state index contributed by atoms with van der Waals surface area (Å²) < 4.78 is 26.9. The molecule has 0 saturated heterocycles. The molecule has 114 valence electrons. The molecule has 0 aliphatic carbocycles. The largest absolute Gasteiger partial charge is 0.480 e. The fourth-order valence-corrected chi connectivity index (χ4v) is 4.66. The third kappa shape index (κ3) is 3.69. The average Bonchev–Trinajstić information content (AvgIpc) is 2.98. The van der Waals surface area contributed by atoms with Crippen molar-refractivity contribution >= 4 is 27.3 Å². The van der Waals surface area contributed by atoms with Crippen LogP contribution in [0.4, 0.5) is 0 Å². The van der Waals surface area contributed by atoms with E-state index in [1.165, 1.54) is 29.9 Å². The number of aromatic nitrogens is 2. The van der Waals surface area contributed by atoms with E-state index in [2.05, 4.69) is 14.7 Å². The molecule has 0 aliphatic heterocycles. The zero-order chi connectivity index (χ0) is 15.6. The summed E-state index contributed by atoms with van der Waals surface area (Å²) in [5.74, 6) is -1.24. The maximum atomic E-state index is 12.3. The highest BCUT2D eigenvalue weighted by Gasteiger charge is 2.27. The lowest BCUT2D eigenvalue weighted by atomic mass is 10.2. The van der Waals surface area contributed by atoms with Gasteiger partial charge >= 0.3 is 5.97 Å². The minimum absolute atomic E-state index is 0.00324. The number of rotatable bonds is 6. The Bertz CT molecular complexity index is 735. The summed E-state index contributed by atoms with van der Waals surface area (Å²) in [6.07, 6.45) is 2.87. The number of sulfonamides is 1. The number of carboxylic acids is 1. The number of aryl methyl sites for hydroxylation is 2. The van der Waals surface area contributed by atoms with E-state index < -0.39 is 22.0 Å². The van der Waals surface area contributed by atoms with Crippen molar-refractivity contribution in [1.82, 2.24) is 14.7 Å². The number of aliphatic carboxylic acids is 1. The van der Waals surface area contributed by atoms with E-state index in [4.69, 9.17) is 0 Å². The summed E-state index contributed by atoms with van der Waals surface area (Å²) in [6, 6.07) is 0.285. The summed E-state index contributed by atoms with van der Waals surface area (Å²) in [7, 11) is -3.87. The van der Waals surface area contributed by atoms with Gasteiger partial charge in [-0.3, -0.25) is 4.79 Å². The van der Waals surface area contributed by atoms with Crippen LogP contribution in [0.2, 0.25) is 0 Å². The first-order valence-electron chi connectivity index (χ1n) is 6.09. The Balaban J connectivity index is 2.23. The van der Waals surface area contributed by atoms with Gasteiger partial charge in [0.25, 0.3) is 0 Å². The van der Waals surface area contributed by atoms with Gasteiger partial charge in [-0.15, -0.1) is 11.3 Å². The number of thiophene rings is 1. The van der Waals surface area contributed by atoms with Crippen LogP contribution >= 0.6 is 11.3 Å². The zero-order valence-corrected chi connectivity index (χ0v) is 13.1. The van der Waals surface area contributed by atoms with Gasteiger partial charge in [0, 0.05) is 28.1 Å². The van der Waals surface area contributed by atoms with Gasteiger partial charge in [-0.25, -0.2) is 13.4 Å². The second kappa shape index (κ2) is 5.96. The van der Waals surface area contributed by atoms with Gasteiger partial charge in [0.1, 0.15) is 6.04 Å². The van der Waals surface area contributed by atoms with Crippen molar-refractivity contribution in [2.75, 3.05) is 0 Å². The van der Waals surface area contributed by atoms with Crippen molar-refractivity contribution in [3.63, 3.8) is 0 Å². The number of H-pyrrole nitrogens is 1. The van der Waals surface area contributed by atoms with Crippen LogP contribution in [0, 0.1) is 13.8 Å².